The molecule has 1 amide bonds. The molecule has 5 nitrogen and oxygen atoms in total. The molecule has 24 heavy (non-hydrogen) atoms. The van der Waals surface area contributed by atoms with Gasteiger partial charge in [-0.25, -0.2) is 0 Å². The van der Waals surface area contributed by atoms with Gasteiger partial charge in [-0.1, -0.05) is 30.3 Å². The van der Waals surface area contributed by atoms with Gasteiger partial charge in [-0.15, -0.1) is 0 Å². The minimum Gasteiger partial charge on any atom is -0.486 e. The van der Waals surface area contributed by atoms with Gasteiger partial charge in [-0.2, -0.15) is 0 Å². The number of hydrogen-bond donors (Lipinski definition) is 1. The summed E-state index contributed by atoms with van der Waals surface area (Å²) >= 11 is 0. The van der Waals surface area contributed by atoms with Crippen molar-refractivity contribution in [2.75, 3.05) is 32.1 Å². The Morgan fingerprint density at radius 2 is 1.83 bits per heavy atom. The first-order valence-corrected chi connectivity index (χ1v) is 8.08. The predicted octanol–water partition coefficient (Wildman–Crippen LogP) is 3.09. The van der Waals surface area contributed by atoms with Gasteiger partial charge in [-0.05, 0) is 31.7 Å². The van der Waals surface area contributed by atoms with Crippen LogP contribution in [-0.4, -0.2) is 37.6 Å². The Kier molecular flexibility index (Phi) is 5.01. The molecule has 1 heterocycles. The van der Waals surface area contributed by atoms with Crippen LogP contribution in [0.5, 0.6) is 11.5 Å². The summed E-state index contributed by atoms with van der Waals surface area (Å²) in [5, 5.41) is 2.91. The van der Waals surface area contributed by atoms with Gasteiger partial charge in [0.15, 0.2) is 11.5 Å². The van der Waals surface area contributed by atoms with Gasteiger partial charge in [0, 0.05) is 17.8 Å². The molecular formula is C19H22N2O3. The van der Waals surface area contributed by atoms with Crippen LogP contribution >= 0.6 is 0 Å². The Bertz CT molecular complexity index is 703. The van der Waals surface area contributed by atoms with Crippen molar-refractivity contribution in [3.8, 4) is 11.5 Å². The maximum atomic E-state index is 12.3. The van der Waals surface area contributed by atoms with E-state index in [4.69, 9.17) is 9.47 Å². The van der Waals surface area contributed by atoms with Crippen molar-refractivity contribution in [3.63, 3.8) is 0 Å². The van der Waals surface area contributed by atoms with Crippen LogP contribution in [0.2, 0.25) is 0 Å². The Labute approximate surface area is 142 Å². The summed E-state index contributed by atoms with van der Waals surface area (Å²) in [6.07, 6.45) is 0. The molecule has 1 aliphatic rings. The molecule has 0 aromatic heterocycles. The lowest BCUT2D eigenvalue weighted by Gasteiger charge is -2.24. The van der Waals surface area contributed by atoms with Crippen molar-refractivity contribution >= 4 is 11.6 Å². The Balaban J connectivity index is 1.59. The number of likely N-dealkylation sites (N-methyl/N-ethyl adjacent to an activating group) is 1. The molecule has 0 unspecified atom stereocenters. The fourth-order valence-electron chi connectivity index (χ4n) is 2.67. The molecule has 0 radical (unpaired) electrons. The van der Waals surface area contributed by atoms with Crippen molar-refractivity contribution in [3.05, 3.63) is 54.1 Å². The fourth-order valence-corrected chi connectivity index (χ4v) is 2.67. The summed E-state index contributed by atoms with van der Waals surface area (Å²) in [4.78, 5) is 14.3. The van der Waals surface area contributed by atoms with E-state index in [-0.39, 0.29) is 11.9 Å². The standard InChI is InChI=1S/C19H22N2O3/c1-14(15-6-4-3-5-7-15)21(2)13-19(22)20-16-8-9-17-18(12-16)24-11-10-23-17/h3-9,12,14H,10-11,13H2,1-2H3,(H,20,22)/t14-/m0/s1. The predicted molar refractivity (Wildman–Crippen MR) is 93.5 cm³/mol. The third-order valence-corrected chi connectivity index (χ3v) is 4.16. The Morgan fingerprint density at radius 3 is 2.58 bits per heavy atom. The largest absolute Gasteiger partial charge is 0.486 e. The van der Waals surface area contributed by atoms with E-state index in [9.17, 15) is 4.79 Å². The van der Waals surface area contributed by atoms with E-state index < -0.39 is 0 Å². The van der Waals surface area contributed by atoms with Crippen LogP contribution in [0.4, 0.5) is 5.69 Å². The van der Waals surface area contributed by atoms with Crippen molar-refractivity contribution in [2.24, 2.45) is 0 Å². The van der Waals surface area contributed by atoms with Crippen molar-refractivity contribution in [1.29, 1.82) is 0 Å². The first-order valence-electron chi connectivity index (χ1n) is 8.08. The fraction of sp³-hybridized carbons (Fsp3) is 0.316. The minimum absolute atomic E-state index is 0.0584. The average Bonchev–Trinajstić information content (AvgIpc) is 2.61. The van der Waals surface area contributed by atoms with Gasteiger partial charge in [0.2, 0.25) is 5.91 Å². The summed E-state index contributed by atoms with van der Waals surface area (Å²) in [5.74, 6) is 1.33. The van der Waals surface area contributed by atoms with Gasteiger partial charge in [0.05, 0.1) is 6.54 Å². The highest BCUT2D eigenvalue weighted by atomic mass is 16.6. The van der Waals surface area contributed by atoms with Crippen LogP contribution < -0.4 is 14.8 Å². The average molecular weight is 326 g/mol. The summed E-state index contributed by atoms with van der Waals surface area (Å²) in [5.41, 5.74) is 1.90. The molecular weight excluding hydrogens is 304 g/mol. The topological polar surface area (TPSA) is 50.8 Å². The number of amides is 1. The first-order chi connectivity index (χ1) is 11.6. The molecule has 1 N–H and O–H groups in total. The first kappa shape index (κ1) is 16.3. The number of rotatable bonds is 5. The number of nitrogens with one attached hydrogen (secondary N) is 1. The van der Waals surface area contributed by atoms with Gasteiger partial charge in [0.1, 0.15) is 13.2 Å². The number of hydrogen-bond acceptors (Lipinski definition) is 4. The van der Waals surface area contributed by atoms with Crippen molar-refractivity contribution in [1.82, 2.24) is 4.90 Å². The summed E-state index contributed by atoms with van der Waals surface area (Å²) in [6.45, 7) is 3.49. The number of benzene rings is 2. The molecule has 1 aliphatic heterocycles. The van der Waals surface area contributed by atoms with Gasteiger partial charge in [0.25, 0.3) is 0 Å². The van der Waals surface area contributed by atoms with Crippen LogP contribution in [0.15, 0.2) is 48.5 Å². The van der Waals surface area contributed by atoms with Crippen LogP contribution in [0.3, 0.4) is 0 Å². The van der Waals surface area contributed by atoms with Gasteiger partial charge in [-0.3, -0.25) is 9.69 Å². The van der Waals surface area contributed by atoms with E-state index in [0.29, 0.717) is 36.9 Å². The van der Waals surface area contributed by atoms with E-state index in [1.165, 1.54) is 5.56 Å². The zero-order valence-electron chi connectivity index (χ0n) is 14.0. The van der Waals surface area contributed by atoms with E-state index in [0.717, 1.165) is 0 Å². The van der Waals surface area contributed by atoms with E-state index in [1.54, 1.807) is 6.07 Å². The molecule has 0 fully saturated rings. The molecule has 3 rings (SSSR count). The highest BCUT2D eigenvalue weighted by Gasteiger charge is 2.16. The van der Waals surface area contributed by atoms with Crippen LogP contribution in [0.1, 0.15) is 18.5 Å². The molecule has 0 bridgehead atoms. The second-order valence-electron chi connectivity index (χ2n) is 5.91. The number of nitrogens with zero attached hydrogens (tertiary/aromatic N) is 1. The maximum absolute atomic E-state index is 12.3. The molecule has 2 aromatic carbocycles. The molecule has 126 valence electrons. The second-order valence-corrected chi connectivity index (χ2v) is 5.91. The lowest BCUT2D eigenvalue weighted by Crippen LogP contribution is -2.32. The molecule has 0 aliphatic carbocycles. The third-order valence-electron chi connectivity index (χ3n) is 4.16. The number of anilines is 1. The summed E-state index contributed by atoms with van der Waals surface area (Å²) in [6, 6.07) is 15.8. The number of fused-ring (bicyclic) bond motifs is 1. The van der Waals surface area contributed by atoms with Crippen molar-refractivity contribution in [2.45, 2.75) is 13.0 Å². The Hall–Kier alpha value is -2.53. The normalized spacial score (nSPS) is 14.3. The highest BCUT2D eigenvalue weighted by Crippen LogP contribution is 2.32. The minimum atomic E-state index is -0.0584. The lowest BCUT2D eigenvalue weighted by atomic mass is 10.1. The third kappa shape index (κ3) is 3.86. The SMILES string of the molecule is C[C@@H](c1ccccc1)N(C)CC(=O)Nc1ccc2c(c1)OCCO2. The van der Waals surface area contributed by atoms with Crippen LogP contribution in [-0.2, 0) is 4.79 Å². The van der Waals surface area contributed by atoms with Gasteiger partial charge >= 0.3 is 0 Å². The van der Waals surface area contributed by atoms with Crippen LogP contribution in [0.25, 0.3) is 0 Å². The zero-order chi connectivity index (χ0) is 16.9. The molecule has 0 spiro atoms. The summed E-state index contributed by atoms with van der Waals surface area (Å²) < 4.78 is 11.0. The van der Waals surface area contributed by atoms with E-state index in [2.05, 4.69) is 24.4 Å². The van der Waals surface area contributed by atoms with E-state index >= 15 is 0 Å². The molecule has 0 saturated heterocycles. The number of carbonyl (C=O) groups is 1. The number of carbonyl (C=O) groups excluding carboxylic acids is 1. The monoisotopic (exact) mass is 326 g/mol. The highest BCUT2D eigenvalue weighted by molar-refractivity contribution is 5.92. The quantitative estimate of drug-likeness (QED) is 0.917. The second kappa shape index (κ2) is 7.36. The summed E-state index contributed by atoms with van der Waals surface area (Å²) in [7, 11) is 1.95. The number of ether oxygens (including phenoxy) is 2. The molecule has 1 atom stereocenters. The molecule has 5 heteroatoms. The van der Waals surface area contributed by atoms with Crippen molar-refractivity contribution < 1.29 is 14.3 Å². The Morgan fingerprint density at radius 1 is 1.12 bits per heavy atom. The smallest absolute Gasteiger partial charge is 0.238 e. The van der Waals surface area contributed by atoms with Gasteiger partial charge < -0.3 is 14.8 Å². The lowest BCUT2D eigenvalue weighted by molar-refractivity contribution is -0.117. The molecule has 0 saturated carbocycles. The molecule has 2 aromatic rings. The zero-order valence-corrected chi connectivity index (χ0v) is 14.0. The van der Waals surface area contributed by atoms with E-state index in [1.807, 2.05) is 42.3 Å². The maximum Gasteiger partial charge on any atom is 0.238 e. The van der Waals surface area contributed by atoms with Crippen LogP contribution in [0, 0.1) is 0 Å².